The molecular weight excluding hydrogens is 334 g/mol. The van der Waals surface area contributed by atoms with E-state index < -0.39 is 16.1 Å². The predicted octanol–water partition coefficient (Wildman–Crippen LogP) is 3.27. The van der Waals surface area contributed by atoms with Crippen LogP contribution in [0.1, 0.15) is 24.3 Å². The van der Waals surface area contributed by atoms with E-state index in [0.717, 1.165) is 5.56 Å². The van der Waals surface area contributed by atoms with Crippen molar-refractivity contribution in [1.82, 2.24) is 9.71 Å². The van der Waals surface area contributed by atoms with Gasteiger partial charge in [-0.25, -0.2) is 8.42 Å². The number of sulfonamides is 1. The first-order valence-corrected chi connectivity index (χ1v) is 9.07. The smallest absolute Gasteiger partial charge is 0.242 e. The van der Waals surface area contributed by atoms with Gasteiger partial charge in [-0.1, -0.05) is 48.5 Å². The van der Waals surface area contributed by atoms with Gasteiger partial charge in [0.25, 0.3) is 0 Å². The average Bonchev–Trinajstić information content (AvgIpc) is 2.67. The third kappa shape index (κ3) is 3.74. The second-order valence-corrected chi connectivity index (χ2v) is 7.01. The van der Waals surface area contributed by atoms with Crippen LogP contribution in [0.25, 0.3) is 0 Å². The van der Waals surface area contributed by atoms with Gasteiger partial charge < -0.3 is 0 Å². The van der Waals surface area contributed by atoms with Crippen molar-refractivity contribution in [1.29, 1.82) is 5.26 Å². The highest BCUT2D eigenvalue weighted by atomic mass is 32.2. The molecule has 0 radical (unpaired) electrons. The number of hydrogen-bond donors (Lipinski definition) is 1. The van der Waals surface area contributed by atoms with E-state index in [4.69, 9.17) is 0 Å². The molecule has 0 aliphatic heterocycles. The van der Waals surface area contributed by atoms with Crippen molar-refractivity contribution in [3.8, 4) is 6.07 Å². The summed E-state index contributed by atoms with van der Waals surface area (Å²) in [5.74, 6) is 0. The minimum absolute atomic E-state index is 0. The highest BCUT2D eigenvalue weighted by Gasteiger charge is 2.25. The SMILES string of the molecule is N#Cc1ccccc1S(=O)(=O)NC(c1ccccc1)c1ccccn1.[HH]. The summed E-state index contributed by atoms with van der Waals surface area (Å²) in [6.07, 6.45) is 1.61. The Labute approximate surface area is 148 Å². The van der Waals surface area contributed by atoms with Gasteiger partial charge in [0, 0.05) is 7.62 Å². The summed E-state index contributed by atoms with van der Waals surface area (Å²) in [4.78, 5) is 4.24. The van der Waals surface area contributed by atoms with Gasteiger partial charge in [0.15, 0.2) is 0 Å². The Bertz CT molecular complexity index is 964. The Hall–Kier alpha value is -3.01. The molecule has 126 valence electrons. The number of pyridine rings is 1. The zero-order valence-electron chi connectivity index (χ0n) is 13.2. The maximum atomic E-state index is 12.9. The Morgan fingerprint density at radius 1 is 0.960 bits per heavy atom. The van der Waals surface area contributed by atoms with Gasteiger partial charge in [0.2, 0.25) is 10.0 Å². The molecule has 0 fully saturated rings. The van der Waals surface area contributed by atoms with E-state index in [0.29, 0.717) is 5.69 Å². The van der Waals surface area contributed by atoms with Gasteiger partial charge in [-0.3, -0.25) is 4.98 Å². The van der Waals surface area contributed by atoms with E-state index in [9.17, 15) is 13.7 Å². The number of nitriles is 1. The molecule has 0 spiro atoms. The highest BCUT2D eigenvalue weighted by molar-refractivity contribution is 7.89. The molecule has 3 aromatic rings. The van der Waals surface area contributed by atoms with E-state index in [-0.39, 0.29) is 11.9 Å². The fourth-order valence-corrected chi connectivity index (χ4v) is 3.86. The largest absolute Gasteiger partial charge is 0.259 e. The molecule has 1 aromatic heterocycles. The standard InChI is InChI=1S/C19H15N3O2S.H2/c20-14-16-10-4-5-12-18(16)25(23,24)22-19(15-8-2-1-3-9-15)17-11-6-7-13-21-17;/h1-13,19,22H;1H. The highest BCUT2D eigenvalue weighted by Crippen LogP contribution is 2.24. The van der Waals surface area contributed by atoms with Crippen LogP contribution in [0.3, 0.4) is 0 Å². The molecule has 0 amide bonds. The van der Waals surface area contributed by atoms with E-state index in [2.05, 4.69) is 9.71 Å². The summed E-state index contributed by atoms with van der Waals surface area (Å²) in [7, 11) is -3.91. The molecule has 6 heteroatoms. The Balaban J connectivity index is 0.00000243. The molecule has 0 bridgehead atoms. The van der Waals surface area contributed by atoms with Crippen LogP contribution >= 0.6 is 0 Å². The molecule has 1 atom stereocenters. The molecule has 25 heavy (non-hydrogen) atoms. The number of aromatic nitrogens is 1. The summed E-state index contributed by atoms with van der Waals surface area (Å²) in [6, 6.07) is 21.9. The van der Waals surface area contributed by atoms with E-state index in [1.807, 2.05) is 36.4 Å². The molecule has 3 rings (SSSR count). The topological polar surface area (TPSA) is 82.8 Å². The third-order valence-electron chi connectivity index (χ3n) is 3.69. The molecule has 1 N–H and O–H groups in total. The van der Waals surface area contributed by atoms with Crippen LogP contribution in [-0.4, -0.2) is 13.4 Å². The van der Waals surface area contributed by atoms with Crippen LogP contribution < -0.4 is 4.72 Å². The number of hydrogen-bond acceptors (Lipinski definition) is 4. The minimum Gasteiger partial charge on any atom is -0.259 e. The Morgan fingerprint density at radius 2 is 1.64 bits per heavy atom. The predicted molar refractivity (Wildman–Crippen MR) is 96.1 cm³/mol. The van der Waals surface area contributed by atoms with Gasteiger partial charge in [0.05, 0.1) is 22.2 Å². The molecule has 2 aromatic carbocycles. The van der Waals surface area contributed by atoms with Crippen LogP contribution in [0.2, 0.25) is 0 Å². The summed E-state index contributed by atoms with van der Waals surface area (Å²) >= 11 is 0. The first kappa shape index (κ1) is 16.8. The van der Waals surface area contributed by atoms with Crippen molar-refractivity contribution >= 4 is 10.0 Å². The van der Waals surface area contributed by atoms with Crippen LogP contribution in [0.15, 0.2) is 83.9 Å². The lowest BCUT2D eigenvalue weighted by Gasteiger charge is -2.19. The summed E-state index contributed by atoms with van der Waals surface area (Å²) in [5.41, 5.74) is 1.44. The van der Waals surface area contributed by atoms with Gasteiger partial charge >= 0.3 is 0 Å². The number of nitrogens with one attached hydrogen (secondary N) is 1. The fourth-order valence-electron chi connectivity index (χ4n) is 2.50. The molecule has 0 saturated carbocycles. The zero-order valence-corrected chi connectivity index (χ0v) is 14.0. The number of benzene rings is 2. The van der Waals surface area contributed by atoms with Crippen molar-refractivity contribution < 1.29 is 9.84 Å². The second-order valence-electron chi connectivity index (χ2n) is 5.33. The lowest BCUT2D eigenvalue weighted by atomic mass is 10.0. The minimum atomic E-state index is -3.91. The molecule has 5 nitrogen and oxygen atoms in total. The van der Waals surface area contributed by atoms with E-state index in [1.54, 1.807) is 36.5 Å². The molecular formula is C19H17N3O2S. The lowest BCUT2D eigenvalue weighted by molar-refractivity contribution is 0.570. The second kappa shape index (κ2) is 7.26. The van der Waals surface area contributed by atoms with Crippen LogP contribution in [-0.2, 0) is 10.0 Å². The maximum Gasteiger partial charge on any atom is 0.242 e. The summed E-state index contributed by atoms with van der Waals surface area (Å²) < 4.78 is 28.4. The van der Waals surface area contributed by atoms with E-state index >= 15 is 0 Å². The summed E-state index contributed by atoms with van der Waals surface area (Å²) in [5, 5.41) is 9.20. The third-order valence-corrected chi connectivity index (χ3v) is 5.17. The van der Waals surface area contributed by atoms with Crippen LogP contribution in [0, 0.1) is 11.3 Å². The maximum absolute atomic E-state index is 12.9. The van der Waals surface area contributed by atoms with Crippen molar-refractivity contribution in [2.45, 2.75) is 10.9 Å². The number of nitrogens with zero attached hydrogens (tertiary/aromatic N) is 2. The van der Waals surface area contributed by atoms with Crippen molar-refractivity contribution in [3.63, 3.8) is 0 Å². The van der Waals surface area contributed by atoms with Crippen LogP contribution in [0.4, 0.5) is 0 Å². The average molecular weight is 351 g/mol. The first-order chi connectivity index (χ1) is 12.1. The van der Waals surface area contributed by atoms with Gasteiger partial charge in [-0.05, 0) is 29.8 Å². The molecule has 0 aliphatic rings. The van der Waals surface area contributed by atoms with Crippen LogP contribution in [0.5, 0.6) is 0 Å². The number of rotatable bonds is 5. The molecule has 0 saturated heterocycles. The fraction of sp³-hybridized carbons (Fsp3) is 0.0526. The first-order valence-electron chi connectivity index (χ1n) is 7.59. The van der Waals surface area contributed by atoms with Crippen molar-refractivity contribution in [2.24, 2.45) is 0 Å². The quantitative estimate of drug-likeness (QED) is 0.765. The molecule has 1 unspecified atom stereocenters. The Morgan fingerprint density at radius 3 is 2.32 bits per heavy atom. The van der Waals surface area contributed by atoms with Crippen molar-refractivity contribution in [3.05, 3.63) is 95.8 Å². The van der Waals surface area contributed by atoms with E-state index in [1.165, 1.54) is 12.1 Å². The monoisotopic (exact) mass is 351 g/mol. The van der Waals surface area contributed by atoms with Crippen molar-refractivity contribution in [2.75, 3.05) is 0 Å². The van der Waals surface area contributed by atoms with Gasteiger partial charge in [-0.15, -0.1) is 0 Å². The summed E-state index contributed by atoms with van der Waals surface area (Å²) in [6.45, 7) is 0. The Kier molecular flexibility index (Phi) is 4.89. The lowest BCUT2D eigenvalue weighted by Crippen LogP contribution is -2.30. The normalized spacial score (nSPS) is 12.3. The van der Waals surface area contributed by atoms with Gasteiger partial charge in [0.1, 0.15) is 6.07 Å². The molecule has 1 heterocycles. The van der Waals surface area contributed by atoms with Gasteiger partial charge in [-0.2, -0.15) is 9.98 Å². The molecule has 0 aliphatic carbocycles. The zero-order chi connectivity index (χ0) is 17.7.